The Morgan fingerprint density at radius 2 is 1.39 bits per heavy atom. The molecule has 14 nitrogen and oxygen atoms in total. The molecule has 1 N–H and O–H groups in total. The second kappa shape index (κ2) is 24.3. The van der Waals surface area contributed by atoms with Crippen LogP contribution in [0.3, 0.4) is 0 Å². The van der Waals surface area contributed by atoms with Crippen LogP contribution < -0.4 is 5.32 Å². The molecule has 14 heteroatoms. The highest BCUT2D eigenvalue weighted by Crippen LogP contribution is 2.03. The van der Waals surface area contributed by atoms with Gasteiger partial charge in [0, 0.05) is 44.5 Å². The second-order valence-electron chi connectivity index (χ2n) is 7.42. The monoisotopic (exact) mass is 545 g/mol. The van der Waals surface area contributed by atoms with Crippen molar-refractivity contribution in [2.45, 2.75) is 32.6 Å². The molecule has 216 valence electrons. The Morgan fingerprint density at radius 1 is 0.868 bits per heavy atom. The molecule has 0 spiro atoms. The van der Waals surface area contributed by atoms with Crippen molar-refractivity contribution in [3.05, 3.63) is 12.2 Å². The number of hydroxylamine groups is 2. The highest BCUT2D eigenvalue weighted by atomic mass is 16.7. The van der Waals surface area contributed by atoms with E-state index in [1.54, 1.807) is 0 Å². The van der Waals surface area contributed by atoms with Gasteiger partial charge in [-0.1, -0.05) is 6.92 Å². The fraction of sp³-hybridized carbons (Fsp3) is 0.667. The summed E-state index contributed by atoms with van der Waals surface area (Å²) >= 11 is 0. The minimum atomic E-state index is -0.394. The van der Waals surface area contributed by atoms with Gasteiger partial charge < -0.3 is 29.1 Å². The van der Waals surface area contributed by atoms with E-state index in [1.165, 1.54) is 19.3 Å². The van der Waals surface area contributed by atoms with E-state index in [1.807, 2.05) is 6.92 Å². The topological polar surface area (TPSA) is 167 Å². The Kier molecular flexibility index (Phi) is 22.4. The molecule has 38 heavy (non-hydrogen) atoms. The number of hydrogen-bond donors (Lipinski definition) is 1. The van der Waals surface area contributed by atoms with Gasteiger partial charge in [0.2, 0.25) is 12.3 Å². The normalized spacial score (nSPS) is 12.2. The number of aldehydes is 1. The van der Waals surface area contributed by atoms with Crippen molar-refractivity contribution >= 4 is 36.3 Å². The molecule has 5 amide bonds. The zero-order valence-electron chi connectivity index (χ0n) is 22.1. The maximum absolute atomic E-state index is 11.6. The third-order valence-electron chi connectivity index (χ3n) is 4.53. The Morgan fingerprint density at radius 3 is 1.87 bits per heavy atom. The standard InChI is InChI=1S/C18H28N2O8.C6H11NO3/c21-7-1-8-25-10-12-27-14-15-28-13-11-26-9-5-19-16(22)4-6-20-17(23)2-3-18(20)24;1-3-4-6(9)7(5-8)10-2/h2-3,7H,1,4-6,8-15H2,(H,19,22);5H,3-4H2,1-2H3. The summed E-state index contributed by atoms with van der Waals surface area (Å²) in [5, 5.41) is 3.34. The quantitative estimate of drug-likeness (QED) is 0.0799. The average molecular weight is 546 g/mol. The van der Waals surface area contributed by atoms with E-state index >= 15 is 0 Å². The Bertz CT molecular complexity index is 728. The maximum Gasteiger partial charge on any atom is 0.253 e. The van der Waals surface area contributed by atoms with E-state index in [2.05, 4.69) is 10.2 Å². The highest BCUT2D eigenvalue weighted by molar-refractivity contribution is 6.13. The maximum atomic E-state index is 11.6. The number of nitrogens with one attached hydrogen (secondary N) is 1. The van der Waals surface area contributed by atoms with Crippen LogP contribution in [-0.2, 0) is 52.6 Å². The molecule has 0 radical (unpaired) electrons. The first kappa shape index (κ1) is 35.0. The molecule has 0 saturated carbocycles. The van der Waals surface area contributed by atoms with Gasteiger partial charge in [-0.05, 0) is 6.42 Å². The van der Waals surface area contributed by atoms with Crippen molar-refractivity contribution in [3.8, 4) is 0 Å². The molecule has 0 aromatic carbocycles. The van der Waals surface area contributed by atoms with Crippen molar-refractivity contribution in [3.63, 3.8) is 0 Å². The molecular formula is C24H39N3O11. The smallest absolute Gasteiger partial charge is 0.253 e. The molecule has 0 fully saturated rings. The average Bonchev–Trinajstić information content (AvgIpc) is 3.23. The van der Waals surface area contributed by atoms with Crippen LogP contribution in [0.25, 0.3) is 0 Å². The lowest BCUT2D eigenvalue weighted by molar-refractivity contribution is -0.178. The fourth-order valence-electron chi connectivity index (χ4n) is 2.64. The number of carbonyl (C=O) groups is 6. The van der Waals surface area contributed by atoms with Crippen LogP contribution in [0.1, 0.15) is 32.6 Å². The number of imide groups is 2. The number of rotatable bonds is 22. The Hall–Kier alpha value is -3.04. The third kappa shape index (κ3) is 18.2. The van der Waals surface area contributed by atoms with Crippen molar-refractivity contribution in [1.29, 1.82) is 0 Å². The molecule has 0 saturated heterocycles. The van der Waals surface area contributed by atoms with Crippen LogP contribution in [0.5, 0.6) is 0 Å². The molecule has 1 aliphatic heterocycles. The molecule has 0 bridgehead atoms. The predicted octanol–water partition coefficient (Wildman–Crippen LogP) is -0.594. The van der Waals surface area contributed by atoms with Gasteiger partial charge in [-0.15, -0.1) is 0 Å². The second-order valence-corrected chi connectivity index (χ2v) is 7.42. The van der Waals surface area contributed by atoms with Gasteiger partial charge in [0.1, 0.15) is 6.29 Å². The minimum Gasteiger partial charge on any atom is -0.379 e. The lowest BCUT2D eigenvalue weighted by Gasteiger charge is -2.13. The number of ether oxygens (including phenoxy) is 4. The van der Waals surface area contributed by atoms with Crippen molar-refractivity contribution < 1.29 is 52.6 Å². The first-order valence-corrected chi connectivity index (χ1v) is 12.3. The largest absolute Gasteiger partial charge is 0.379 e. The lowest BCUT2D eigenvalue weighted by atomic mass is 10.3. The Balaban J connectivity index is 0.00000115. The van der Waals surface area contributed by atoms with E-state index in [9.17, 15) is 28.8 Å². The number of hydrogen-bond acceptors (Lipinski definition) is 11. The van der Waals surface area contributed by atoms with Crippen LogP contribution in [0, 0.1) is 0 Å². The molecule has 1 heterocycles. The van der Waals surface area contributed by atoms with E-state index in [0.717, 1.165) is 11.2 Å². The van der Waals surface area contributed by atoms with Crippen LogP contribution in [0.4, 0.5) is 0 Å². The summed E-state index contributed by atoms with van der Waals surface area (Å²) in [6, 6.07) is 0. The molecule has 1 aliphatic rings. The van der Waals surface area contributed by atoms with Gasteiger partial charge in [-0.3, -0.25) is 33.7 Å². The first-order chi connectivity index (χ1) is 18.4. The lowest BCUT2D eigenvalue weighted by Crippen LogP contribution is -2.35. The predicted molar refractivity (Wildman–Crippen MR) is 132 cm³/mol. The van der Waals surface area contributed by atoms with E-state index in [-0.39, 0.29) is 24.8 Å². The summed E-state index contributed by atoms with van der Waals surface area (Å²) in [5.41, 5.74) is 0. The number of amides is 5. The van der Waals surface area contributed by atoms with Gasteiger partial charge in [0.15, 0.2) is 0 Å². The van der Waals surface area contributed by atoms with Crippen LogP contribution in [-0.4, -0.2) is 119 Å². The zero-order chi connectivity index (χ0) is 28.4. The summed E-state index contributed by atoms with van der Waals surface area (Å²) in [6.45, 7) is 5.62. The SMILES string of the molecule is CCCC(=O)N(C=O)OC.O=CCCOCCOCCOCCOCCNC(=O)CCN1C(=O)C=CC1=O. The summed E-state index contributed by atoms with van der Waals surface area (Å²) in [6.07, 6.45) is 5.06. The van der Waals surface area contributed by atoms with Crippen LogP contribution in [0.2, 0.25) is 0 Å². The van der Waals surface area contributed by atoms with Gasteiger partial charge >= 0.3 is 0 Å². The summed E-state index contributed by atoms with van der Waals surface area (Å²) in [5.74, 6) is -1.34. The molecule has 0 aromatic heterocycles. The van der Waals surface area contributed by atoms with E-state index < -0.39 is 11.8 Å². The molecule has 0 aromatic rings. The zero-order valence-corrected chi connectivity index (χ0v) is 22.1. The van der Waals surface area contributed by atoms with Gasteiger partial charge in [0.05, 0.1) is 60.0 Å². The Labute approximate surface area is 222 Å². The molecule has 0 aliphatic carbocycles. The molecule has 1 rings (SSSR count). The van der Waals surface area contributed by atoms with Crippen LogP contribution in [0.15, 0.2) is 12.2 Å². The van der Waals surface area contributed by atoms with Gasteiger partial charge in [0.25, 0.3) is 17.7 Å². The highest BCUT2D eigenvalue weighted by Gasteiger charge is 2.23. The van der Waals surface area contributed by atoms with E-state index in [4.69, 9.17) is 18.9 Å². The fourth-order valence-corrected chi connectivity index (χ4v) is 2.64. The molecular weight excluding hydrogens is 506 g/mol. The third-order valence-corrected chi connectivity index (χ3v) is 4.53. The van der Waals surface area contributed by atoms with Crippen molar-refractivity contribution in [2.75, 3.05) is 73.1 Å². The summed E-state index contributed by atoms with van der Waals surface area (Å²) in [7, 11) is 1.28. The van der Waals surface area contributed by atoms with Gasteiger partial charge in [-0.2, -0.15) is 5.06 Å². The molecule has 0 unspecified atom stereocenters. The van der Waals surface area contributed by atoms with Crippen LogP contribution >= 0.6 is 0 Å². The first-order valence-electron chi connectivity index (χ1n) is 12.3. The van der Waals surface area contributed by atoms with Crippen molar-refractivity contribution in [2.24, 2.45) is 0 Å². The minimum absolute atomic E-state index is 0.0599. The number of carbonyl (C=O) groups excluding carboxylic acids is 6. The summed E-state index contributed by atoms with van der Waals surface area (Å²) < 4.78 is 21.1. The van der Waals surface area contributed by atoms with Crippen molar-refractivity contribution in [1.82, 2.24) is 15.3 Å². The number of nitrogens with zero attached hydrogens (tertiary/aromatic N) is 2. The van der Waals surface area contributed by atoms with E-state index in [0.29, 0.717) is 90.1 Å². The molecule has 0 atom stereocenters. The summed E-state index contributed by atoms with van der Waals surface area (Å²) in [4.78, 5) is 70.6. The van der Waals surface area contributed by atoms with Gasteiger partial charge in [-0.25, -0.2) is 0 Å².